The molecule has 1 saturated heterocycles. The number of alkyl halides is 2. The number of nitrogens with zero attached hydrogens (tertiary/aromatic N) is 4. The number of halogens is 2. The van der Waals surface area contributed by atoms with Gasteiger partial charge in [0.2, 0.25) is 0 Å². The lowest BCUT2D eigenvalue weighted by atomic mass is 10.1. The maximum Gasteiger partial charge on any atom is 0.417 e. The van der Waals surface area contributed by atoms with Crippen LogP contribution in [-0.4, -0.2) is 76.7 Å². The lowest BCUT2D eigenvalue weighted by molar-refractivity contribution is -0.126. The van der Waals surface area contributed by atoms with Gasteiger partial charge in [-0.15, -0.1) is 0 Å². The third kappa shape index (κ3) is 6.44. The summed E-state index contributed by atoms with van der Waals surface area (Å²) in [5.41, 5.74) is 3.94. The van der Waals surface area contributed by atoms with E-state index >= 15 is 0 Å². The summed E-state index contributed by atoms with van der Waals surface area (Å²) >= 11 is 0. The molecule has 2 aromatic heterocycles. The number of carbonyl (C=O) groups excluding carboxylic acids is 3. The van der Waals surface area contributed by atoms with Crippen LogP contribution in [0.25, 0.3) is 16.9 Å². The molecule has 1 aliphatic heterocycles. The number of hydrogen-bond donors (Lipinski definition) is 2. The van der Waals surface area contributed by atoms with Gasteiger partial charge in [-0.2, -0.15) is 8.78 Å². The van der Waals surface area contributed by atoms with Crippen molar-refractivity contribution in [1.82, 2.24) is 24.6 Å². The number of imidazole rings is 1. The van der Waals surface area contributed by atoms with Crippen molar-refractivity contribution in [3.63, 3.8) is 0 Å². The summed E-state index contributed by atoms with van der Waals surface area (Å²) in [6.45, 7) is -0.658. The maximum absolute atomic E-state index is 12.7. The number of cyclic esters (lactones) is 1. The standard InChI is InChI=1S/C28H26F2N6O6/c1-17-14-19(4-7-21(17)26(38)32-9-12-40-13-11-36-23(37)16-41-28(36)39)34-24-25-33-15-22(35(25)10-8-31-24)18-2-5-20(6-3-18)42-27(29)30/h2-8,10,14-15,27H,9,11-13,16H2,1H3,(H,31,34)(H,32,38). The summed E-state index contributed by atoms with van der Waals surface area (Å²) in [5.74, 6) is -0.128. The molecule has 1 aliphatic rings. The highest BCUT2D eigenvalue weighted by Gasteiger charge is 2.30. The maximum atomic E-state index is 12.7. The largest absolute Gasteiger partial charge is 0.439 e. The molecule has 0 aliphatic carbocycles. The lowest BCUT2D eigenvalue weighted by Gasteiger charge is -2.13. The van der Waals surface area contributed by atoms with E-state index in [4.69, 9.17) is 4.74 Å². The van der Waals surface area contributed by atoms with E-state index in [2.05, 4.69) is 30.1 Å². The minimum absolute atomic E-state index is 0.0636. The van der Waals surface area contributed by atoms with Crippen LogP contribution in [0.3, 0.4) is 0 Å². The van der Waals surface area contributed by atoms with Crippen molar-refractivity contribution in [2.75, 3.05) is 38.2 Å². The summed E-state index contributed by atoms with van der Waals surface area (Å²) in [6, 6.07) is 11.5. The van der Waals surface area contributed by atoms with Crippen molar-refractivity contribution in [2.24, 2.45) is 0 Å². The molecule has 0 saturated carbocycles. The quantitative estimate of drug-likeness (QED) is 0.240. The topological polar surface area (TPSA) is 136 Å². The van der Waals surface area contributed by atoms with Gasteiger partial charge in [0, 0.05) is 35.8 Å². The Morgan fingerprint density at radius 2 is 1.93 bits per heavy atom. The number of imide groups is 1. The molecule has 0 spiro atoms. The Balaban J connectivity index is 1.17. The monoisotopic (exact) mass is 580 g/mol. The molecule has 0 radical (unpaired) electrons. The van der Waals surface area contributed by atoms with E-state index in [0.29, 0.717) is 22.7 Å². The number of aryl methyl sites for hydroxylation is 1. The number of aromatic nitrogens is 3. The molecule has 218 valence electrons. The molecule has 42 heavy (non-hydrogen) atoms. The van der Waals surface area contributed by atoms with E-state index < -0.39 is 18.6 Å². The summed E-state index contributed by atoms with van der Waals surface area (Å²) in [6.07, 6.45) is 4.34. The Labute approximate surface area is 238 Å². The van der Waals surface area contributed by atoms with Crippen LogP contribution in [0.1, 0.15) is 15.9 Å². The third-order valence-corrected chi connectivity index (χ3v) is 6.37. The third-order valence-electron chi connectivity index (χ3n) is 6.37. The average molecular weight is 581 g/mol. The summed E-state index contributed by atoms with van der Waals surface area (Å²) < 4.78 is 41.2. The van der Waals surface area contributed by atoms with Gasteiger partial charge < -0.3 is 24.8 Å². The van der Waals surface area contributed by atoms with Crippen molar-refractivity contribution >= 4 is 35.1 Å². The van der Waals surface area contributed by atoms with Gasteiger partial charge in [0.15, 0.2) is 18.1 Å². The normalized spacial score (nSPS) is 13.1. The molecule has 0 bridgehead atoms. The van der Waals surface area contributed by atoms with Crippen LogP contribution in [0.5, 0.6) is 5.75 Å². The number of benzene rings is 2. The Morgan fingerprint density at radius 3 is 2.64 bits per heavy atom. The van der Waals surface area contributed by atoms with Crippen LogP contribution in [0, 0.1) is 6.92 Å². The van der Waals surface area contributed by atoms with Crippen LogP contribution in [-0.2, 0) is 14.3 Å². The predicted octanol–water partition coefficient (Wildman–Crippen LogP) is 3.77. The average Bonchev–Trinajstić information content (AvgIpc) is 3.54. The number of rotatable bonds is 12. The zero-order valence-electron chi connectivity index (χ0n) is 22.4. The Bertz CT molecular complexity index is 1590. The van der Waals surface area contributed by atoms with Crippen LogP contribution >= 0.6 is 0 Å². The molecule has 14 heteroatoms. The molecule has 2 aromatic carbocycles. The number of carbonyl (C=O) groups is 3. The second-order valence-corrected chi connectivity index (χ2v) is 9.14. The first kappa shape index (κ1) is 28.4. The number of fused-ring (bicyclic) bond motifs is 1. The molecular formula is C28H26F2N6O6. The van der Waals surface area contributed by atoms with Crippen LogP contribution < -0.4 is 15.4 Å². The van der Waals surface area contributed by atoms with Crippen LogP contribution in [0.2, 0.25) is 0 Å². The summed E-state index contributed by atoms with van der Waals surface area (Å²) in [4.78, 5) is 45.4. The van der Waals surface area contributed by atoms with Crippen molar-refractivity contribution in [3.8, 4) is 17.0 Å². The number of anilines is 2. The van der Waals surface area contributed by atoms with Gasteiger partial charge in [0.05, 0.1) is 31.6 Å². The van der Waals surface area contributed by atoms with Crippen molar-refractivity contribution in [1.29, 1.82) is 0 Å². The molecule has 0 unspecified atom stereocenters. The Morgan fingerprint density at radius 1 is 1.12 bits per heavy atom. The van der Waals surface area contributed by atoms with Crippen molar-refractivity contribution in [2.45, 2.75) is 13.5 Å². The molecule has 5 rings (SSSR count). The van der Waals surface area contributed by atoms with Gasteiger partial charge in [-0.05, 0) is 55.0 Å². The van der Waals surface area contributed by atoms with E-state index in [1.807, 2.05) is 17.4 Å². The smallest absolute Gasteiger partial charge is 0.417 e. The van der Waals surface area contributed by atoms with Gasteiger partial charge in [-0.1, -0.05) is 0 Å². The van der Waals surface area contributed by atoms with Gasteiger partial charge in [-0.25, -0.2) is 19.7 Å². The van der Waals surface area contributed by atoms with E-state index in [9.17, 15) is 23.2 Å². The fourth-order valence-corrected chi connectivity index (χ4v) is 4.35. The zero-order chi connectivity index (χ0) is 29.6. The van der Waals surface area contributed by atoms with Crippen LogP contribution in [0.15, 0.2) is 61.1 Å². The Kier molecular flexibility index (Phi) is 8.52. The van der Waals surface area contributed by atoms with Gasteiger partial charge >= 0.3 is 12.7 Å². The van der Waals surface area contributed by atoms with E-state index in [1.165, 1.54) is 12.1 Å². The van der Waals surface area contributed by atoms with E-state index in [1.54, 1.807) is 42.9 Å². The molecule has 12 nitrogen and oxygen atoms in total. The molecule has 1 fully saturated rings. The van der Waals surface area contributed by atoms with Gasteiger partial charge in [-0.3, -0.25) is 14.0 Å². The van der Waals surface area contributed by atoms with Gasteiger partial charge in [0.1, 0.15) is 5.75 Å². The molecule has 4 aromatic rings. The second-order valence-electron chi connectivity index (χ2n) is 9.14. The summed E-state index contributed by atoms with van der Waals surface area (Å²) in [5, 5.41) is 6.02. The second kappa shape index (κ2) is 12.6. The SMILES string of the molecule is Cc1cc(Nc2nccn3c(-c4ccc(OC(F)F)cc4)cnc23)ccc1C(=O)NCCOCCN1C(=O)COC1=O. The molecule has 3 amide bonds. The van der Waals surface area contributed by atoms with Gasteiger partial charge in [0.25, 0.3) is 11.8 Å². The molecule has 3 heterocycles. The minimum Gasteiger partial charge on any atom is -0.439 e. The first-order valence-electron chi connectivity index (χ1n) is 12.9. The number of hydrogen-bond acceptors (Lipinski definition) is 9. The lowest BCUT2D eigenvalue weighted by Crippen LogP contribution is -2.33. The zero-order valence-corrected chi connectivity index (χ0v) is 22.4. The number of nitrogens with one attached hydrogen (secondary N) is 2. The fraction of sp³-hybridized carbons (Fsp3) is 0.250. The highest BCUT2D eigenvalue weighted by molar-refractivity contribution is 5.98. The molecule has 0 atom stereocenters. The molecular weight excluding hydrogens is 554 g/mol. The minimum atomic E-state index is -2.89. The van der Waals surface area contributed by atoms with Crippen molar-refractivity contribution in [3.05, 3.63) is 72.2 Å². The van der Waals surface area contributed by atoms with E-state index in [-0.39, 0.29) is 44.6 Å². The predicted molar refractivity (Wildman–Crippen MR) is 146 cm³/mol. The fourth-order valence-electron chi connectivity index (χ4n) is 4.35. The van der Waals surface area contributed by atoms with E-state index in [0.717, 1.165) is 21.7 Å². The molecule has 2 N–H and O–H groups in total. The highest BCUT2D eigenvalue weighted by Crippen LogP contribution is 2.27. The number of amides is 3. The summed E-state index contributed by atoms with van der Waals surface area (Å²) in [7, 11) is 0. The highest BCUT2D eigenvalue weighted by atomic mass is 19.3. The van der Waals surface area contributed by atoms with Crippen molar-refractivity contribution < 1.29 is 37.4 Å². The first-order valence-corrected chi connectivity index (χ1v) is 12.9. The van der Waals surface area contributed by atoms with Crippen LogP contribution in [0.4, 0.5) is 25.1 Å². The first-order chi connectivity index (χ1) is 20.3. The number of ether oxygens (including phenoxy) is 3. The Hall–Kier alpha value is -5.11.